The summed E-state index contributed by atoms with van der Waals surface area (Å²) in [4.78, 5) is 7.22. The van der Waals surface area contributed by atoms with Crippen molar-refractivity contribution >= 4 is 11.8 Å². The Balaban J connectivity index is 1.59. The van der Waals surface area contributed by atoms with E-state index < -0.39 is 0 Å². The molecule has 0 amide bonds. The Morgan fingerprint density at radius 2 is 2.12 bits per heavy atom. The van der Waals surface area contributed by atoms with Gasteiger partial charge in [-0.05, 0) is 5.56 Å². The molecule has 2 N–H and O–H groups in total. The van der Waals surface area contributed by atoms with Gasteiger partial charge in [0.1, 0.15) is 0 Å². The third-order valence-corrected chi connectivity index (χ3v) is 3.07. The van der Waals surface area contributed by atoms with Gasteiger partial charge in [0.15, 0.2) is 5.16 Å². The summed E-state index contributed by atoms with van der Waals surface area (Å²) in [5, 5.41) is 4.39. The third-order valence-electron chi connectivity index (χ3n) is 2.16. The van der Waals surface area contributed by atoms with Crippen molar-refractivity contribution in [3.05, 3.63) is 48.3 Å². The van der Waals surface area contributed by atoms with E-state index in [9.17, 15) is 0 Å². The Kier molecular flexibility index (Phi) is 4.46. The van der Waals surface area contributed by atoms with E-state index in [1.54, 1.807) is 18.0 Å². The van der Waals surface area contributed by atoms with Crippen LogP contribution < -0.4 is 5.32 Å². The summed E-state index contributed by atoms with van der Waals surface area (Å²) in [5.74, 6) is 1.03. The molecule has 0 atom stereocenters. The van der Waals surface area contributed by atoms with Crippen LogP contribution in [0.15, 0.2) is 47.9 Å². The molecular weight excluding hydrogens is 218 g/mol. The number of H-pyrrole nitrogens is 1. The second kappa shape index (κ2) is 6.35. The fourth-order valence-electron chi connectivity index (χ4n) is 1.38. The molecule has 3 nitrogen and oxygen atoms in total. The standard InChI is InChI=1S/C12H15N3S/c1-2-4-11(5-3-1)10-13-8-9-16-12-14-6-7-15-12/h1-7,13H,8-10H2,(H,14,15). The first kappa shape index (κ1) is 11.2. The van der Waals surface area contributed by atoms with Gasteiger partial charge in [-0.3, -0.25) is 0 Å². The summed E-state index contributed by atoms with van der Waals surface area (Å²) in [6.45, 7) is 1.92. The zero-order chi connectivity index (χ0) is 11.1. The van der Waals surface area contributed by atoms with Crippen LogP contribution in [0.5, 0.6) is 0 Å². The van der Waals surface area contributed by atoms with E-state index in [0.29, 0.717) is 0 Å². The van der Waals surface area contributed by atoms with Gasteiger partial charge in [-0.1, -0.05) is 42.1 Å². The zero-order valence-electron chi connectivity index (χ0n) is 9.02. The van der Waals surface area contributed by atoms with E-state index in [1.165, 1.54) is 5.56 Å². The predicted molar refractivity (Wildman–Crippen MR) is 67.5 cm³/mol. The maximum Gasteiger partial charge on any atom is 0.165 e. The minimum atomic E-state index is 0.930. The lowest BCUT2D eigenvalue weighted by Crippen LogP contribution is -2.16. The van der Waals surface area contributed by atoms with Crippen LogP contribution in [0.4, 0.5) is 0 Å². The molecule has 84 valence electrons. The summed E-state index contributed by atoms with van der Waals surface area (Å²) < 4.78 is 0. The molecule has 0 saturated heterocycles. The molecule has 1 aromatic carbocycles. The van der Waals surface area contributed by atoms with Crippen LogP contribution >= 0.6 is 11.8 Å². The quantitative estimate of drug-likeness (QED) is 0.594. The number of benzene rings is 1. The molecule has 0 aliphatic heterocycles. The fraction of sp³-hybridized carbons (Fsp3) is 0.250. The van der Waals surface area contributed by atoms with E-state index in [1.807, 2.05) is 12.3 Å². The number of aromatic amines is 1. The highest BCUT2D eigenvalue weighted by atomic mass is 32.2. The number of imidazole rings is 1. The molecule has 1 aromatic heterocycles. The maximum absolute atomic E-state index is 4.15. The lowest BCUT2D eigenvalue weighted by molar-refractivity contribution is 0.731. The highest BCUT2D eigenvalue weighted by Gasteiger charge is 1.95. The summed E-state index contributed by atoms with van der Waals surface area (Å²) in [5.41, 5.74) is 1.32. The van der Waals surface area contributed by atoms with Gasteiger partial charge in [0, 0.05) is 31.2 Å². The molecule has 16 heavy (non-hydrogen) atoms. The van der Waals surface area contributed by atoms with E-state index in [0.717, 1.165) is 24.0 Å². The SMILES string of the molecule is c1ccc(CNCCSc2ncc[nH]2)cc1. The Bertz CT molecular complexity index is 386. The van der Waals surface area contributed by atoms with Crippen LogP contribution in [0.1, 0.15) is 5.56 Å². The third kappa shape index (κ3) is 3.72. The molecule has 0 spiro atoms. The summed E-state index contributed by atoms with van der Waals surface area (Å²) in [6.07, 6.45) is 3.62. The Morgan fingerprint density at radius 3 is 2.88 bits per heavy atom. The highest BCUT2D eigenvalue weighted by molar-refractivity contribution is 7.99. The van der Waals surface area contributed by atoms with Crippen LogP contribution in [0.25, 0.3) is 0 Å². The molecule has 2 rings (SSSR count). The second-order valence-electron chi connectivity index (χ2n) is 3.41. The molecule has 2 aromatic rings. The zero-order valence-corrected chi connectivity index (χ0v) is 9.83. The van der Waals surface area contributed by atoms with E-state index in [-0.39, 0.29) is 0 Å². The van der Waals surface area contributed by atoms with Gasteiger partial charge in [0.25, 0.3) is 0 Å². The van der Waals surface area contributed by atoms with E-state index in [2.05, 4.69) is 39.6 Å². The molecule has 0 unspecified atom stereocenters. The number of hydrogen-bond acceptors (Lipinski definition) is 3. The van der Waals surface area contributed by atoms with Crippen molar-refractivity contribution < 1.29 is 0 Å². The van der Waals surface area contributed by atoms with Crippen molar-refractivity contribution in [2.24, 2.45) is 0 Å². The first-order valence-electron chi connectivity index (χ1n) is 5.32. The van der Waals surface area contributed by atoms with Crippen molar-refractivity contribution in [1.29, 1.82) is 0 Å². The lowest BCUT2D eigenvalue weighted by atomic mass is 10.2. The molecule has 1 heterocycles. The van der Waals surface area contributed by atoms with Crippen molar-refractivity contribution in [2.75, 3.05) is 12.3 Å². The summed E-state index contributed by atoms with van der Waals surface area (Å²) >= 11 is 1.73. The number of nitrogens with zero attached hydrogens (tertiary/aromatic N) is 1. The largest absolute Gasteiger partial charge is 0.340 e. The van der Waals surface area contributed by atoms with Crippen molar-refractivity contribution in [1.82, 2.24) is 15.3 Å². The lowest BCUT2D eigenvalue weighted by Gasteiger charge is -2.03. The minimum absolute atomic E-state index is 0.930. The minimum Gasteiger partial charge on any atom is -0.340 e. The van der Waals surface area contributed by atoms with Gasteiger partial charge >= 0.3 is 0 Å². The van der Waals surface area contributed by atoms with Crippen LogP contribution in [-0.2, 0) is 6.54 Å². The van der Waals surface area contributed by atoms with Gasteiger partial charge in [-0.15, -0.1) is 0 Å². The predicted octanol–water partition coefficient (Wildman–Crippen LogP) is 2.29. The number of rotatable bonds is 6. The van der Waals surface area contributed by atoms with Crippen LogP contribution in [0.3, 0.4) is 0 Å². The average molecular weight is 233 g/mol. The van der Waals surface area contributed by atoms with E-state index >= 15 is 0 Å². The molecule has 0 aliphatic rings. The Labute approximate surface area is 99.7 Å². The second-order valence-corrected chi connectivity index (χ2v) is 4.49. The van der Waals surface area contributed by atoms with Gasteiger partial charge in [0.2, 0.25) is 0 Å². The van der Waals surface area contributed by atoms with E-state index in [4.69, 9.17) is 0 Å². The number of nitrogens with one attached hydrogen (secondary N) is 2. The number of hydrogen-bond donors (Lipinski definition) is 2. The van der Waals surface area contributed by atoms with Gasteiger partial charge < -0.3 is 10.3 Å². The van der Waals surface area contributed by atoms with Crippen LogP contribution in [0, 0.1) is 0 Å². The smallest absolute Gasteiger partial charge is 0.165 e. The molecule has 0 aliphatic carbocycles. The first-order valence-corrected chi connectivity index (χ1v) is 6.30. The van der Waals surface area contributed by atoms with Crippen molar-refractivity contribution in [3.8, 4) is 0 Å². The highest BCUT2D eigenvalue weighted by Crippen LogP contribution is 2.09. The molecule has 0 radical (unpaired) electrons. The molecule has 0 bridgehead atoms. The van der Waals surface area contributed by atoms with Crippen LogP contribution in [-0.4, -0.2) is 22.3 Å². The number of aromatic nitrogens is 2. The Hall–Kier alpha value is -1.26. The van der Waals surface area contributed by atoms with Crippen molar-refractivity contribution in [3.63, 3.8) is 0 Å². The normalized spacial score (nSPS) is 10.5. The fourth-order valence-corrected chi connectivity index (χ4v) is 2.10. The average Bonchev–Trinajstić information content (AvgIpc) is 2.83. The Morgan fingerprint density at radius 1 is 1.25 bits per heavy atom. The van der Waals surface area contributed by atoms with Crippen molar-refractivity contribution in [2.45, 2.75) is 11.7 Å². The molecular formula is C12H15N3S. The first-order chi connectivity index (χ1) is 7.95. The maximum atomic E-state index is 4.15. The summed E-state index contributed by atoms with van der Waals surface area (Å²) in [7, 11) is 0. The van der Waals surface area contributed by atoms with Crippen LogP contribution in [0.2, 0.25) is 0 Å². The molecule has 0 fully saturated rings. The van der Waals surface area contributed by atoms with Gasteiger partial charge in [-0.25, -0.2) is 4.98 Å². The monoisotopic (exact) mass is 233 g/mol. The molecule has 4 heteroatoms. The molecule has 0 saturated carbocycles. The van der Waals surface area contributed by atoms with Gasteiger partial charge in [-0.2, -0.15) is 0 Å². The van der Waals surface area contributed by atoms with Gasteiger partial charge in [0.05, 0.1) is 0 Å². The topological polar surface area (TPSA) is 40.7 Å². The number of thioether (sulfide) groups is 1. The summed E-state index contributed by atoms with van der Waals surface area (Å²) in [6, 6.07) is 10.4.